The highest BCUT2D eigenvalue weighted by molar-refractivity contribution is 7.71. The van der Waals surface area contributed by atoms with Crippen LogP contribution in [-0.2, 0) is 6.67 Å². The van der Waals surface area contributed by atoms with Gasteiger partial charge in [-0.2, -0.15) is 0 Å². The van der Waals surface area contributed by atoms with Crippen molar-refractivity contribution in [3.05, 3.63) is 17.0 Å². The average Bonchev–Trinajstić information content (AvgIpc) is 3.02. The molecule has 0 bridgehead atoms. The summed E-state index contributed by atoms with van der Waals surface area (Å²) in [5.74, 6) is 1.92. The highest BCUT2D eigenvalue weighted by atomic mass is 32.1. The van der Waals surface area contributed by atoms with Gasteiger partial charge in [-0.1, -0.05) is 0 Å². The Balaban J connectivity index is 1.87. The van der Waals surface area contributed by atoms with Crippen molar-refractivity contribution in [1.82, 2.24) is 14.7 Å². The predicted molar refractivity (Wildman–Crippen MR) is 97.2 cm³/mol. The number of benzene rings is 1. The van der Waals surface area contributed by atoms with Gasteiger partial charge in [-0.05, 0) is 37.2 Å². The molecule has 1 saturated heterocycles. The van der Waals surface area contributed by atoms with Gasteiger partial charge >= 0.3 is 0 Å². The first kappa shape index (κ1) is 18.7. The van der Waals surface area contributed by atoms with Crippen LogP contribution in [0.3, 0.4) is 0 Å². The van der Waals surface area contributed by atoms with Crippen LogP contribution in [0.25, 0.3) is 11.5 Å². The predicted octanol–water partition coefficient (Wildman–Crippen LogP) is 2.31. The number of nitrogens with zero attached hydrogens (tertiary/aromatic N) is 3. The number of piperidine rings is 1. The lowest BCUT2D eigenvalue weighted by molar-refractivity contribution is 0.0647. The monoisotopic (exact) mass is 381 g/mol. The van der Waals surface area contributed by atoms with E-state index in [0.717, 1.165) is 25.9 Å². The van der Waals surface area contributed by atoms with E-state index in [1.54, 1.807) is 38.1 Å². The molecule has 1 N–H and O–H groups in total. The molecular weight excluding hydrogens is 358 g/mol. The van der Waals surface area contributed by atoms with Crippen LogP contribution in [0, 0.1) is 4.84 Å². The molecule has 0 spiro atoms. The molecule has 0 atom stereocenters. The maximum absolute atomic E-state index is 9.62. The van der Waals surface area contributed by atoms with Crippen LogP contribution in [0.4, 0.5) is 0 Å². The summed E-state index contributed by atoms with van der Waals surface area (Å²) >= 11 is 5.31. The Bertz CT molecular complexity index is 786. The summed E-state index contributed by atoms with van der Waals surface area (Å²) in [6.45, 7) is 2.13. The maximum atomic E-state index is 9.62. The lowest BCUT2D eigenvalue weighted by Crippen LogP contribution is -2.37. The maximum Gasteiger partial charge on any atom is 0.288 e. The van der Waals surface area contributed by atoms with Gasteiger partial charge < -0.3 is 23.7 Å². The van der Waals surface area contributed by atoms with Crippen LogP contribution >= 0.6 is 12.2 Å². The molecular formula is C17H23N3O5S. The molecule has 2 heterocycles. The number of aliphatic hydroxyl groups is 1. The van der Waals surface area contributed by atoms with Crippen molar-refractivity contribution in [2.75, 3.05) is 34.4 Å². The molecule has 9 heteroatoms. The van der Waals surface area contributed by atoms with E-state index in [2.05, 4.69) is 10.00 Å². The van der Waals surface area contributed by atoms with Crippen LogP contribution in [0.5, 0.6) is 17.2 Å². The summed E-state index contributed by atoms with van der Waals surface area (Å²) in [6, 6.07) is 3.53. The third-order valence-corrected chi connectivity index (χ3v) is 4.70. The molecule has 3 rings (SSSR count). The summed E-state index contributed by atoms with van der Waals surface area (Å²) in [4.78, 5) is 2.48. The Hall–Kier alpha value is -2.10. The van der Waals surface area contributed by atoms with Crippen molar-refractivity contribution in [3.8, 4) is 28.7 Å². The van der Waals surface area contributed by atoms with Crippen molar-refractivity contribution in [2.45, 2.75) is 25.6 Å². The first-order chi connectivity index (χ1) is 12.5. The van der Waals surface area contributed by atoms with Crippen molar-refractivity contribution >= 4 is 12.2 Å². The molecule has 1 fully saturated rings. The Morgan fingerprint density at radius 2 is 1.77 bits per heavy atom. The van der Waals surface area contributed by atoms with E-state index in [1.165, 1.54) is 0 Å². The third kappa shape index (κ3) is 3.84. The van der Waals surface area contributed by atoms with Gasteiger partial charge in [-0.3, -0.25) is 4.90 Å². The van der Waals surface area contributed by atoms with E-state index in [1.807, 2.05) is 0 Å². The van der Waals surface area contributed by atoms with Gasteiger partial charge in [0.05, 0.1) is 34.1 Å². The fourth-order valence-corrected chi connectivity index (χ4v) is 3.14. The molecule has 1 aromatic carbocycles. The van der Waals surface area contributed by atoms with E-state index >= 15 is 0 Å². The molecule has 2 aromatic rings. The van der Waals surface area contributed by atoms with E-state index in [4.69, 9.17) is 30.8 Å². The lowest BCUT2D eigenvalue weighted by atomic mass is 10.1. The van der Waals surface area contributed by atoms with Gasteiger partial charge in [0.15, 0.2) is 11.5 Å². The second-order valence-electron chi connectivity index (χ2n) is 6.08. The summed E-state index contributed by atoms with van der Waals surface area (Å²) in [6.07, 6.45) is 1.29. The van der Waals surface area contributed by atoms with E-state index in [-0.39, 0.29) is 6.10 Å². The van der Waals surface area contributed by atoms with Gasteiger partial charge in [0, 0.05) is 18.7 Å². The zero-order valence-corrected chi connectivity index (χ0v) is 15.9. The second-order valence-corrected chi connectivity index (χ2v) is 6.43. The zero-order valence-electron chi connectivity index (χ0n) is 15.1. The van der Waals surface area contributed by atoms with Crippen LogP contribution in [0.15, 0.2) is 16.5 Å². The number of rotatable bonds is 6. The van der Waals surface area contributed by atoms with E-state index < -0.39 is 0 Å². The van der Waals surface area contributed by atoms with Crippen LogP contribution in [-0.4, -0.2) is 60.3 Å². The largest absolute Gasteiger partial charge is 0.493 e. The zero-order chi connectivity index (χ0) is 18.7. The molecule has 1 aliphatic heterocycles. The molecule has 26 heavy (non-hydrogen) atoms. The van der Waals surface area contributed by atoms with Crippen LogP contribution in [0.1, 0.15) is 12.8 Å². The van der Waals surface area contributed by atoms with Crippen molar-refractivity contribution in [2.24, 2.45) is 0 Å². The molecule has 0 amide bonds. The summed E-state index contributed by atoms with van der Waals surface area (Å²) in [5, 5.41) is 14.1. The summed E-state index contributed by atoms with van der Waals surface area (Å²) in [5.41, 5.74) is 0.679. The molecule has 142 valence electrons. The fraction of sp³-hybridized carbons (Fsp3) is 0.529. The van der Waals surface area contributed by atoms with Gasteiger partial charge in [0.2, 0.25) is 11.6 Å². The van der Waals surface area contributed by atoms with Crippen molar-refractivity contribution in [1.29, 1.82) is 0 Å². The highest BCUT2D eigenvalue weighted by Gasteiger charge is 2.20. The summed E-state index contributed by atoms with van der Waals surface area (Å²) < 4.78 is 23.4. The van der Waals surface area contributed by atoms with Crippen LogP contribution in [0.2, 0.25) is 0 Å². The third-order valence-electron chi connectivity index (χ3n) is 4.41. The van der Waals surface area contributed by atoms with E-state index in [9.17, 15) is 5.11 Å². The minimum Gasteiger partial charge on any atom is -0.493 e. The summed E-state index contributed by atoms with van der Waals surface area (Å²) in [7, 11) is 4.66. The van der Waals surface area contributed by atoms with Crippen molar-refractivity contribution in [3.63, 3.8) is 0 Å². The number of aromatic nitrogens is 2. The molecule has 0 aliphatic carbocycles. The SMILES string of the molecule is COc1cc(-c2nn(CN3CCC(O)CC3)c(=S)o2)cc(OC)c1OC. The number of methoxy groups -OCH3 is 3. The Morgan fingerprint density at radius 3 is 2.31 bits per heavy atom. The quantitative estimate of drug-likeness (QED) is 0.764. The minimum absolute atomic E-state index is 0.216. The normalized spacial score (nSPS) is 15.8. The number of hydrogen-bond donors (Lipinski definition) is 1. The Kier molecular flexibility index (Phi) is 5.80. The first-order valence-electron chi connectivity index (χ1n) is 8.34. The number of likely N-dealkylation sites (tertiary alicyclic amines) is 1. The topological polar surface area (TPSA) is 82.1 Å². The van der Waals surface area contributed by atoms with Gasteiger partial charge in [-0.15, -0.1) is 5.10 Å². The van der Waals surface area contributed by atoms with Crippen LogP contribution < -0.4 is 14.2 Å². The highest BCUT2D eigenvalue weighted by Crippen LogP contribution is 2.40. The standard InChI is InChI=1S/C17H23N3O5S/c1-22-13-8-11(9-14(23-2)15(13)24-3)16-18-20(17(26)25-16)10-19-6-4-12(21)5-7-19/h8-9,12,21H,4-7,10H2,1-3H3. The van der Waals surface area contributed by atoms with Crippen molar-refractivity contribution < 1.29 is 23.7 Å². The van der Waals surface area contributed by atoms with Gasteiger partial charge in [0.1, 0.15) is 0 Å². The second kappa shape index (κ2) is 8.07. The minimum atomic E-state index is -0.216. The van der Waals surface area contributed by atoms with Gasteiger partial charge in [0.25, 0.3) is 4.84 Å². The number of aliphatic hydroxyl groups excluding tert-OH is 1. The van der Waals surface area contributed by atoms with E-state index in [0.29, 0.717) is 40.2 Å². The fourth-order valence-electron chi connectivity index (χ4n) is 2.97. The smallest absolute Gasteiger partial charge is 0.288 e. The molecule has 1 aliphatic rings. The molecule has 1 aromatic heterocycles. The molecule has 8 nitrogen and oxygen atoms in total. The molecule has 0 radical (unpaired) electrons. The molecule has 0 saturated carbocycles. The Morgan fingerprint density at radius 1 is 1.15 bits per heavy atom. The Labute approximate surface area is 156 Å². The first-order valence-corrected chi connectivity index (χ1v) is 8.75. The lowest BCUT2D eigenvalue weighted by Gasteiger charge is -2.28. The number of hydrogen-bond acceptors (Lipinski definition) is 8. The van der Waals surface area contributed by atoms with Gasteiger partial charge in [-0.25, -0.2) is 4.68 Å². The average molecular weight is 381 g/mol. The number of ether oxygens (including phenoxy) is 3. The molecule has 0 unspecified atom stereocenters.